The first kappa shape index (κ1) is 43.8. The Morgan fingerprint density at radius 1 is 0.275 bits per heavy atom. The van der Waals surface area contributed by atoms with Crippen LogP contribution in [0.2, 0.25) is 0 Å². The van der Waals surface area contributed by atoms with Crippen molar-refractivity contribution in [2.24, 2.45) is 0 Å². The lowest BCUT2D eigenvalue weighted by Gasteiger charge is -2.39. The van der Waals surface area contributed by atoms with Crippen LogP contribution in [0.1, 0.15) is 44.5 Å². The first-order valence-electron chi connectivity index (χ1n) is 28.0. The summed E-state index contributed by atoms with van der Waals surface area (Å²) < 4.78 is 2.53. The minimum absolute atomic E-state index is 0.493. The number of hydrogen-bond acceptors (Lipinski definition) is 1. The van der Waals surface area contributed by atoms with Gasteiger partial charge in [-0.05, 0) is 142 Å². The van der Waals surface area contributed by atoms with E-state index in [0.29, 0.717) is 0 Å². The van der Waals surface area contributed by atoms with Gasteiger partial charge in [-0.3, -0.25) is 0 Å². The van der Waals surface area contributed by atoms with Crippen LogP contribution in [0.3, 0.4) is 0 Å². The molecule has 4 aliphatic rings. The van der Waals surface area contributed by atoms with Crippen LogP contribution in [0.5, 0.6) is 0 Å². The third-order valence-corrected chi connectivity index (χ3v) is 18.6. The number of anilines is 3. The molecule has 2 spiro atoms. The van der Waals surface area contributed by atoms with Crippen LogP contribution in [0, 0.1) is 0 Å². The number of para-hydroxylation sites is 4. The van der Waals surface area contributed by atoms with E-state index >= 15 is 0 Å². The Morgan fingerprint density at radius 2 is 0.750 bits per heavy atom. The van der Waals surface area contributed by atoms with Gasteiger partial charge in [-0.25, -0.2) is 0 Å². The summed E-state index contributed by atoms with van der Waals surface area (Å²) in [7, 11) is 0. The largest absolute Gasteiger partial charge is 0.309 e. The SMILES string of the molecule is c1ccc(N(c2ccc(-c3cccc4ccccc34)cc2)c2cccc3c2-c2ccccc2C32c3ccccc3-c3ccccc32)c(-c2ccc3c(c2)C2(c4ccccc4-3)c3ccccc3-n3c4ccccc4c4cccc2c43)c1. The van der Waals surface area contributed by atoms with Gasteiger partial charge in [-0.2, -0.15) is 0 Å². The predicted molar refractivity (Wildman–Crippen MR) is 331 cm³/mol. The van der Waals surface area contributed by atoms with E-state index in [2.05, 4.69) is 301 Å². The Hall–Kier alpha value is -10.3. The molecule has 0 radical (unpaired) electrons. The van der Waals surface area contributed by atoms with Crippen molar-refractivity contribution in [3.8, 4) is 61.3 Å². The van der Waals surface area contributed by atoms with Crippen molar-refractivity contribution in [3.05, 3.63) is 336 Å². The third-order valence-electron chi connectivity index (χ3n) is 18.6. The molecular weight excluding hydrogens is 965 g/mol. The Bertz CT molecular complexity index is 4930. The van der Waals surface area contributed by atoms with Gasteiger partial charge in [-0.15, -0.1) is 0 Å². The molecule has 1 aromatic heterocycles. The number of rotatable bonds is 5. The van der Waals surface area contributed by atoms with Crippen molar-refractivity contribution >= 4 is 49.6 Å². The highest BCUT2D eigenvalue weighted by atomic mass is 15.1. The molecule has 0 N–H and O–H groups in total. The van der Waals surface area contributed by atoms with Crippen molar-refractivity contribution in [2.45, 2.75) is 10.8 Å². The fourth-order valence-electron chi connectivity index (χ4n) is 15.6. The van der Waals surface area contributed by atoms with E-state index in [1.165, 1.54) is 133 Å². The average molecular weight is 1010 g/mol. The summed E-state index contributed by atoms with van der Waals surface area (Å²) in [5, 5.41) is 5.05. The summed E-state index contributed by atoms with van der Waals surface area (Å²) in [6, 6.07) is 110. The maximum absolute atomic E-state index is 2.57. The molecule has 2 heterocycles. The molecule has 0 bridgehead atoms. The lowest BCUT2D eigenvalue weighted by atomic mass is 9.65. The number of benzene rings is 13. The lowest BCUT2D eigenvalue weighted by Crippen LogP contribution is -2.33. The van der Waals surface area contributed by atoms with Crippen LogP contribution in [-0.2, 0) is 10.8 Å². The third kappa shape index (κ3) is 5.47. The quantitative estimate of drug-likeness (QED) is 0.167. The van der Waals surface area contributed by atoms with Gasteiger partial charge in [0.25, 0.3) is 0 Å². The van der Waals surface area contributed by atoms with E-state index in [9.17, 15) is 0 Å². The molecule has 14 aromatic rings. The first-order valence-corrected chi connectivity index (χ1v) is 28.0. The van der Waals surface area contributed by atoms with Crippen LogP contribution in [0.15, 0.2) is 291 Å². The fraction of sp³-hybridized carbons (Fsp3) is 0.0256. The summed E-state index contributed by atoms with van der Waals surface area (Å²) in [6.45, 7) is 0. The van der Waals surface area contributed by atoms with E-state index in [4.69, 9.17) is 0 Å². The van der Waals surface area contributed by atoms with Crippen molar-refractivity contribution in [1.29, 1.82) is 0 Å². The molecule has 0 saturated heterocycles. The maximum atomic E-state index is 2.57. The Balaban J connectivity index is 0.897. The summed E-state index contributed by atoms with van der Waals surface area (Å²) in [6.07, 6.45) is 0. The van der Waals surface area contributed by atoms with Crippen molar-refractivity contribution in [1.82, 2.24) is 4.57 Å². The average Bonchev–Trinajstić information content (AvgIpc) is 4.13. The van der Waals surface area contributed by atoms with Crippen LogP contribution in [-0.4, -0.2) is 4.57 Å². The van der Waals surface area contributed by atoms with E-state index in [0.717, 1.165) is 22.6 Å². The highest BCUT2D eigenvalue weighted by molar-refractivity contribution is 6.13. The van der Waals surface area contributed by atoms with Crippen LogP contribution in [0.4, 0.5) is 17.1 Å². The number of hydrogen-bond donors (Lipinski definition) is 0. The lowest BCUT2D eigenvalue weighted by molar-refractivity contribution is 0.749. The smallest absolute Gasteiger partial charge is 0.0754 e. The Kier molecular flexibility index (Phi) is 8.83. The van der Waals surface area contributed by atoms with Gasteiger partial charge < -0.3 is 9.47 Å². The van der Waals surface area contributed by atoms with E-state index < -0.39 is 10.8 Å². The summed E-state index contributed by atoms with van der Waals surface area (Å²) in [5.41, 5.74) is 29.0. The molecule has 18 rings (SSSR count). The monoisotopic (exact) mass is 1010 g/mol. The number of aromatic nitrogens is 1. The maximum Gasteiger partial charge on any atom is 0.0754 e. The molecule has 0 saturated carbocycles. The number of nitrogens with zero attached hydrogens (tertiary/aromatic N) is 2. The van der Waals surface area contributed by atoms with E-state index in [-0.39, 0.29) is 0 Å². The van der Waals surface area contributed by atoms with Crippen LogP contribution < -0.4 is 4.90 Å². The molecule has 2 heteroatoms. The molecule has 80 heavy (non-hydrogen) atoms. The van der Waals surface area contributed by atoms with Gasteiger partial charge in [-0.1, -0.05) is 249 Å². The van der Waals surface area contributed by atoms with Crippen LogP contribution in [0.25, 0.3) is 93.9 Å². The highest BCUT2D eigenvalue weighted by Gasteiger charge is 2.53. The topological polar surface area (TPSA) is 8.17 Å². The zero-order valence-electron chi connectivity index (χ0n) is 43.6. The summed E-state index contributed by atoms with van der Waals surface area (Å²) >= 11 is 0. The predicted octanol–water partition coefficient (Wildman–Crippen LogP) is 19.8. The Labute approximate surface area is 464 Å². The molecule has 1 aliphatic heterocycles. The van der Waals surface area contributed by atoms with Gasteiger partial charge in [0.15, 0.2) is 0 Å². The molecule has 2 nitrogen and oxygen atoms in total. The molecular formula is C78H48N2. The minimum atomic E-state index is -0.583. The second-order valence-corrected chi connectivity index (χ2v) is 22.1. The molecule has 1 unspecified atom stereocenters. The molecule has 0 fully saturated rings. The van der Waals surface area contributed by atoms with Gasteiger partial charge in [0, 0.05) is 27.6 Å². The van der Waals surface area contributed by atoms with Crippen molar-refractivity contribution in [2.75, 3.05) is 4.90 Å². The number of fused-ring (bicyclic) bond motifs is 23. The second-order valence-electron chi connectivity index (χ2n) is 22.1. The van der Waals surface area contributed by atoms with Crippen molar-refractivity contribution < 1.29 is 0 Å². The van der Waals surface area contributed by atoms with Gasteiger partial charge >= 0.3 is 0 Å². The van der Waals surface area contributed by atoms with E-state index in [1.807, 2.05) is 0 Å². The zero-order chi connectivity index (χ0) is 52.3. The first-order chi connectivity index (χ1) is 39.7. The fourth-order valence-corrected chi connectivity index (χ4v) is 15.6. The molecule has 0 amide bonds. The highest BCUT2D eigenvalue weighted by Crippen LogP contribution is 2.66. The Morgan fingerprint density at radius 3 is 1.50 bits per heavy atom. The van der Waals surface area contributed by atoms with Gasteiger partial charge in [0.2, 0.25) is 0 Å². The van der Waals surface area contributed by atoms with E-state index in [1.54, 1.807) is 0 Å². The molecule has 1 atom stereocenters. The zero-order valence-corrected chi connectivity index (χ0v) is 43.6. The second kappa shape index (κ2) is 16.1. The molecule has 370 valence electrons. The molecule has 13 aromatic carbocycles. The standard InChI is InChI=1S/C78H48N2/c1-2-22-53-49(20-1)21-17-29-54(53)50-42-45-52(46-43-50)79(74-41-19-36-68-75(74)62-28-6-12-34-66(62)77(68)63-31-9-3-24-56(63)57-25-4-10-32-64(57)77)71-38-14-7-23-55(71)51-44-47-59-58-26-5-11-33-65(58)78(70(59)48-51)67-35-13-16-40-73(67)80-72-39-15-8-27-60(72)61-30-18-37-69(78)76(61)80/h1-48H. The van der Waals surface area contributed by atoms with Gasteiger partial charge in [0.1, 0.15) is 0 Å². The van der Waals surface area contributed by atoms with Crippen LogP contribution >= 0.6 is 0 Å². The van der Waals surface area contributed by atoms with Crippen molar-refractivity contribution in [3.63, 3.8) is 0 Å². The summed E-state index contributed by atoms with van der Waals surface area (Å²) in [5.74, 6) is 0. The molecule has 3 aliphatic carbocycles. The minimum Gasteiger partial charge on any atom is -0.309 e. The normalized spacial score (nSPS) is 15.2. The summed E-state index contributed by atoms with van der Waals surface area (Å²) in [4.78, 5) is 2.57. The van der Waals surface area contributed by atoms with Gasteiger partial charge in [0.05, 0.1) is 38.9 Å².